The maximum atomic E-state index is 12.6. The number of nitrogens with one attached hydrogen (secondary N) is 2. The van der Waals surface area contributed by atoms with E-state index in [1.807, 2.05) is 36.4 Å². The van der Waals surface area contributed by atoms with Crippen molar-refractivity contribution in [3.63, 3.8) is 0 Å². The standard InChI is InChI=1S/C28H42N2O3/c1-7-27(3,4)21(19-30-26(32)20-29-22-13-12-14-23(31)18-22)17-25(28(5,6)8-2)33-24-15-10-9-11-16-24/h9-16,18,21,25,29,31H,7-8,17,19-20H2,1-6H3,(H,30,32). The number of rotatable bonds is 13. The second-order valence-electron chi connectivity index (χ2n) is 10.2. The minimum absolute atomic E-state index is 0.00120. The maximum absolute atomic E-state index is 12.6. The molecule has 2 unspecified atom stereocenters. The Morgan fingerprint density at radius 3 is 2.24 bits per heavy atom. The molecule has 0 aliphatic rings. The molecular formula is C28H42N2O3. The number of ether oxygens (including phenoxy) is 1. The summed E-state index contributed by atoms with van der Waals surface area (Å²) >= 11 is 0. The lowest BCUT2D eigenvalue weighted by Gasteiger charge is -2.41. The molecule has 3 N–H and O–H groups in total. The Kier molecular flexibility index (Phi) is 9.63. The third kappa shape index (κ3) is 8.30. The van der Waals surface area contributed by atoms with Gasteiger partial charge in [-0.15, -0.1) is 0 Å². The first-order chi connectivity index (χ1) is 15.6. The van der Waals surface area contributed by atoms with Crippen LogP contribution in [0.15, 0.2) is 54.6 Å². The number of anilines is 1. The van der Waals surface area contributed by atoms with Crippen molar-refractivity contribution in [2.45, 2.75) is 66.9 Å². The molecule has 2 aromatic carbocycles. The summed E-state index contributed by atoms with van der Waals surface area (Å²) in [6.07, 6.45) is 2.91. The second kappa shape index (κ2) is 12.0. The number of hydrogen-bond donors (Lipinski definition) is 3. The van der Waals surface area contributed by atoms with Crippen molar-refractivity contribution in [1.82, 2.24) is 5.32 Å². The molecule has 2 rings (SSSR count). The van der Waals surface area contributed by atoms with Gasteiger partial charge in [-0.1, -0.05) is 72.2 Å². The molecule has 0 fully saturated rings. The lowest BCUT2D eigenvalue weighted by molar-refractivity contribution is -0.119. The summed E-state index contributed by atoms with van der Waals surface area (Å²) in [5.41, 5.74) is 0.768. The van der Waals surface area contributed by atoms with Crippen LogP contribution < -0.4 is 15.4 Å². The molecule has 2 aromatic rings. The van der Waals surface area contributed by atoms with Gasteiger partial charge in [-0.25, -0.2) is 0 Å². The average molecular weight is 455 g/mol. The van der Waals surface area contributed by atoms with Crippen molar-refractivity contribution < 1.29 is 14.6 Å². The number of carbonyl (C=O) groups excluding carboxylic acids is 1. The zero-order chi connectivity index (χ0) is 24.5. The highest BCUT2D eigenvalue weighted by Gasteiger charge is 2.37. The van der Waals surface area contributed by atoms with Gasteiger partial charge in [0.1, 0.15) is 17.6 Å². The molecule has 5 heteroatoms. The largest absolute Gasteiger partial charge is 0.508 e. The molecule has 0 saturated carbocycles. The maximum Gasteiger partial charge on any atom is 0.239 e. The Labute approximate surface area is 199 Å². The Bertz CT molecular complexity index is 864. The lowest BCUT2D eigenvalue weighted by Crippen LogP contribution is -2.44. The Balaban J connectivity index is 2.07. The first-order valence-corrected chi connectivity index (χ1v) is 12.1. The topological polar surface area (TPSA) is 70.6 Å². The third-order valence-corrected chi connectivity index (χ3v) is 7.16. The van der Waals surface area contributed by atoms with Crippen molar-refractivity contribution in [2.24, 2.45) is 16.7 Å². The number of para-hydroxylation sites is 1. The van der Waals surface area contributed by atoms with Gasteiger partial charge in [-0.05, 0) is 48.4 Å². The minimum Gasteiger partial charge on any atom is -0.508 e. The number of benzene rings is 2. The summed E-state index contributed by atoms with van der Waals surface area (Å²) in [4.78, 5) is 12.6. The molecule has 2 atom stereocenters. The molecule has 0 radical (unpaired) electrons. The van der Waals surface area contributed by atoms with E-state index in [0.29, 0.717) is 6.54 Å². The van der Waals surface area contributed by atoms with E-state index >= 15 is 0 Å². The van der Waals surface area contributed by atoms with Gasteiger partial charge in [0, 0.05) is 23.7 Å². The summed E-state index contributed by atoms with van der Waals surface area (Å²) in [5, 5.41) is 15.8. The number of phenolic OH excluding ortho intramolecular Hbond substituents is 1. The monoisotopic (exact) mass is 454 g/mol. The van der Waals surface area contributed by atoms with Crippen molar-refractivity contribution in [1.29, 1.82) is 0 Å². The van der Waals surface area contributed by atoms with Gasteiger partial charge >= 0.3 is 0 Å². The normalized spacial score (nSPS) is 13.8. The van der Waals surface area contributed by atoms with Crippen LogP contribution in [0, 0.1) is 16.7 Å². The van der Waals surface area contributed by atoms with Crippen LogP contribution in [0.4, 0.5) is 5.69 Å². The summed E-state index contributed by atoms with van der Waals surface area (Å²) in [5.74, 6) is 1.25. The third-order valence-electron chi connectivity index (χ3n) is 7.16. The van der Waals surface area contributed by atoms with E-state index in [4.69, 9.17) is 4.74 Å². The molecule has 0 spiro atoms. The Hall–Kier alpha value is -2.69. The van der Waals surface area contributed by atoms with E-state index in [0.717, 1.165) is 30.7 Å². The molecule has 0 aliphatic heterocycles. The molecule has 182 valence electrons. The molecule has 0 bridgehead atoms. The van der Waals surface area contributed by atoms with Crippen LogP contribution in [0.5, 0.6) is 11.5 Å². The van der Waals surface area contributed by atoms with Crippen LogP contribution in [0.1, 0.15) is 60.8 Å². The smallest absolute Gasteiger partial charge is 0.239 e. The quantitative estimate of drug-likeness (QED) is 0.335. The zero-order valence-corrected chi connectivity index (χ0v) is 21.2. The molecule has 1 amide bonds. The summed E-state index contributed by atoms with van der Waals surface area (Å²) in [6.45, 7) is 14.2. The van der Waals surface area contributed by atoms with Crippen molar-refractivity contribution >= 4 is 11.6 Å². The highest BCUT2D eigenvalue weighted by molar-refractivity contribution is 5.80. The molecule has 0 saturated heterocycles. The van der Waals surface area contributed by atoms with Crippen LogP contribution in [-0.4, -0.2) is 30.2 Å². The van der Waals surface area contributed by atoms with Gasteiger partial charge in [0.25, 0.3) is 0 Å². The van der Waals surface area contributed by atoms with Gasteiger partial charge in [0.05, 0.1) is 6.54 Å². The predicted octanol–water partition coefficient (Wildman–Crippen LogP) is 6.25. The molecule has 0 aromatic heterocycles. The highest BCUT2D eigenvalue weighted by Crippen LogP contribution is 2.39. The van der Waals surface area contributed by atoms with Gasteiger partial charge in [0.2, 0.25) is 5.91 Å². The number of phenols is 1. The molecule has 33 heavy (non-hydrogen) atoms. The number of carbonyl (C=O) groups is 1. The Morgan fingerprint density at radius 2 is 1.64 bits per heavy atom. The van der Waals surface area contributed by atoms with Crippen LogP contribution in [0.25, 0.3) is 0 Å². The van der Waals surface area contributed by atoms with Crippen LogP contribution in [-0.2, 0) is 4.79 Å². The van der Waals surface area contributed by atoms with Gasteiger partial charge in [-0.3, -0.25) is 4.79 Å². The van der Waals surface area contributed by atoms with E-state index in [2.05, 4.69) is 52.2 Å². The SMILES string of the molecule is CCC(C)(C)C(CNC(=O)CNc1cccc(O)c1)CC(Oc1ccccc1)C(C)(C)CC. The Morgan fingerprint density at radius 1 is 0.970 bits per heavy atom. The van der Waals surface area contributed by atoms with Gasteiger partial charge in [-0.2, -0.15) is 0 Å². The zero-order valence-electron chi connectivity index (χ0n) is 21.2. The van der Waals surface area contributed by atoms with Crippen LogP contribution in [0.2, 0.25) is 0 Å². The molecule has 5 nitrogen and oxygen atoms in total. The first kappa shape index (κ1) is 26.6. The van der Waals surface area contributed by atoms with Crippen molar-refractivity contribution in [2.75, 3.05) is 18.4 Å². The fourth-order valence-electron chi connectivity index (χ4n) is 3.74. The fourth-order valence-corrected chi connectivity index (χ4v) is 3.74. The number of amides is 1. The predicted molar refractivity (Wildman–Crippen MR) is 137 cm³/mol. The highest BCUT2D eigenvalue weighted by atomic mass is 16.5. The molecular weight excluding hydrogens is 412 g/mol. The van der Waals surface area contributed by atoms with E-state index in [-0.39, 0.29) is 41.1 Å². The molecule has 0 heterocycles. The van der Waals surface area contributed by atoms with Crippen molar-refractivity contribution in [3.8, 4) is 11.5 Å². The van der Waals surface area contributed by atoms with Crippen LogP contribution in [0.3, 0.4) is 0 Å². The van der Waals surface area contributed by atoms with Gasteiger partial charge in [0.15, 0.2) is 0 Å². The lowest BCUT2D eigenvalue weighted by atomic mass is 9.70. The second-order valence-corrected chi connectivity index (χ2v) is 10.2. The average Bonchev–Trinajstić information content (AvgIpc) is 2.80. The van der Waals surface area contributed by atoms with E-state index in [9.17, 15) is 9.90 Å². The summed E-state index contributed by atoms with van der Waals surface area (Å²) < 4.78 is 6.51. The van der Waals surface area contributed by atoms with E-state index in [1.165, 1.54) is 0 Å². The van der Waals surface area contributed by atoms with Crippen molar-refractivity contribution in [3.05, 3.63) is 54.6 Å². The summed E-state index contributed by atoms with van der Waals surface area (Å²) in [7, 11) is 0. The minimum atomic E-state index is -0.0643. The fraction of sp³-hybridized carbons (Fsp3) is 0.536. The number of hydrogen-bond acceptors (Lipinski definition) is 4. The summed E-state index contributed by atoms with van der Waals surface area (Å²) in [6, 6.07) is 16.8. The van der Waals surface area contributed by atoms with E-state index in [1.54, 1.807) is 18.2 Å². The first-order valence-electron chi connectivity index (χ1n) is 12.1. The van der Waals surface area contributed by atoms with E-state index < -0.39 is 0 Å². The van der Waals surface area contributed by atoms with Crippen LogP contribution >= 0.6 is 0 Å². The number of aromatic hydroxyl groups is 1. The molecule has 0 aliphatic carbocycles. The van der Waals surface area contributed by atoms with Gasteiger partial charge < -0.3 is 20.5 Å².